The molecule has 2 aliphatic rings. The van der Waals surface area contributed by atoms with Gasteiger partial charge in [-0.25, -0.2) is 9.79 Å². The van der Waals surface area contributed by atoms with Gasteiger partial charge < -0.3 is 29.6 Å². The van der Waals surface area contributed by atoms with Crippen molar-refractivity contribution < 1.29 is 23.7 Å². The zero-order chi connectivity index (χ0) is 25.7. The first-order valence-electron chi connectivity index (χ1n) is 11.2. The van der Waals surface area contributed by atoms with E-state index in [0.29, 0.717) is 35.2 Å². The van der Waals surface area contributed by atoms with Gasteiger partial charge in [0.15, 0.2) is 11.5 Å². The number of aryl methyl sites for hydroxylation is 1. The van der Waals surface area contributed by atoms with Gasteiger partial charge in [-0.05, 0) is 37.0 Å². The summed E-state index contributed by atoms with van der Waals surface area (Å²) in [6.07, 6.45) is 1.66. The fraction of sp³-hybridized carbons (Fsp3) is 0.259. The Labute approximate surface area is 214 Å². The van der Waals surface area contributed by atoms with E-state index in [9.17, 15) is 4.79 Å². The molecule has 0 saturated carbocycles. The van der Waals surface area contributed by atoms with Crippen molar-refractivity contribution in [3.05, 3.63) is 68.7 Å². The monoisotopic (exact) mass is 505 g/mol. The number of carbonyl (C=O) groups excluding carboxylic acids is 1. The van der Waals surface area contributed by atoms with Crippen molar-refractivity contribution in [1.29, 1.82) is 0 Å². The number of hydrogen-bond donors (Lipinski definition) is 2. The molecular weight excluding hydrogens is 478 g/mol. The van der Waals surface area contributed by atoms with E-state index >= 15 is 0 Å². The zero-order valence-electron chi connectivity index (χ0n) is 20.7. The molecule has 2 aliphatic heterocycles. The maximum absolute atomic E-state index is 12.1. The van der Waals surface area contributed by atoms with Crippen LogP contribution in [0.5, 0.6) is 17.2 Å². The van der Waals surface area contributed by atoms with Gasteiger partial charge in [-0.2, -0.15) is 0 Å². The number of methoxy groups -OCH3 is 3. The molecule has 2 N–H and O–H groups in total. The molecule has 0 fully saturated rings. The fourth-order valence-corrected chi connectivity index (χ4v) is 4.72. The van der Waals surface area contributed by atoms with Crippen molar-refractivity contribution >= 4 is 29.8 Å². The minimum Gasteiger partial charge on any atom is -0.493 e. The summed E-state index contributed by atoms with van der Waals surface area (Å²) in [6, 6.07) is 8.93. The molecule has 8 nitrogen and oxygen atoms in total. The second kappa shape index (κ2) is 11.1. The molecule has 1 atom stereocenters. The van der Waals surface area contributed by atoms with Gasteiger partial charge >= 0.3 is 5.97 Å². The van der Waals surface area contributed by atoms with Crippen molar-refractivity contribution in [3.8, 4) is 29.1 Å². The van der Waals surface area contributed by atoms with E-state index in [4.69, 9.17) is 18.9 Å². The summed E-state index contributed by atoms with van der Waals surface area (Å²) in [5.41, 5.74) is 3.91. The van der Waals surface area contributed by atoms with E-state index in [2.05, 4.69) is 27.5 Å². The summed E-state index contributed by atoms with van der Waals surface area (Å²) in [4.78, 5) is 17.6. The van der Waals surface area contributed by atoms with Crippen LogP contribution in [-0.4, -0.2) is 46.3 Å². The Bertz CT molecular complexity index is 1310. The Morgan fingerprint density at radius 2 is 1.86 bits per heavy atom. The number of carbonyl (C=O) groups is 1. The molecule has 0 spiro atoms. The molecule has 0 bridgehead atoms. The lowest BCUT2D eigenvalue weighted by atomic mass is 10.0. The number of thioether (sulfide) groups is 1. The van der Waals surface area contributed by atoms with Crippen molar-refractivity contribution in [2.45, 2.75) is 19.9 Å². The van der Waals surface area contributed by atoms with Crippen LogP contribution in [0.2, 0.25) is 0 Å². The molecule has 4 rings (SSSR count). The van der Waals surface area contributed by atoms with Gasteiger partial charge in [0.1, 0.15) is 5.82 Å². The van der Waals surface area contributed by atoms with Gasteiger partial charge in [0.05, 0.1) is 50.8 Å². The summed E-state index contributed by atoms with van der Waals surface area (Å²) >= 11 is 1.56. The lowest BCUT2D eigenvalue weighted by Gasteiger charge is -2.22. The Hall–Kier alpha value is -4.03. The first-order chi connectivity index (χ1) is 17.5. The third-order valence-electron chi connectivity index (χ3n) is 5.57. The molecular formula is C27H27N3O5S. The Kier molecular flexibility index (Phi) is 7.76. The molecule has 0 aliphatic carbocycles. The number of ether oxygens (including phenoxy) is 4. The lowest BCUT2D eigenvalue weighted by Crippen LogP contribution is -2.32. The average Bonchev–Trinajstić information content (AvgIpc) is 3.31. The molecule has 2 aromatic rings. The highest BCUT2D eigenvalue weighted by Crippen LogP contribution is 2.42. The number of aliphatic imine (C=N–C) groups is 1. The highest BCUT2D eigenvalue weighted by atomic mass is 32.2. The first kappa shape index (κ1) is 25.1. The van der Waals surface area contributed by atoms with E-state index in [1.54, 1.807) is 58.5 Å². The van der Waals surface area contributed by atoms with Crippen molar-refractivity contribution in [2.75, 3.05) is 33.3 Å². The quantitative estimate of drug-likeness (QED) is 0.421. The molecule has 36 heavy (non-hydrogen) atoms. The summed E-state index contributed by atoms with van der Waals surface area (Å²) in [6.45, 7) is 4.08. The Morgan fingerprint density at radius 3 is 2.53 bits per heavy atom. The minimum absolute atomic E-state index is 0.127. The third-order valence-corrected chi connectivity index (χ3v) is 6.63. The summed E-state index contributed by atoms with van der Waals surface area (Å²) in [7, 11) is 4.72. The molecule has 0 amide bonds. The molecule has 0 saturated heterocycles. The van der Waals surface area contributed by atoms with Gasteiger partial charge in [-0.1, -0.05) is 29.7 Å². The predicted molar refractivity (Wildman–Crippen MR) is 142 cm³/mol. The van der Waals surface area contributed by atoms with Crippen LogP contribution in [-0.2, 0) is 4.74 Å². The SMILES string of the molecule is CCOC(=O)c1ccc(C)c(C#CC2=CSC3=C(Nc4cc(OC)c(OC)c(OC)c4)N=CNC23)c1. The minimum atomic E-state index is -0.353. The van der Waals surface area contributed by atoms with Gasteiger partial charge in [0.2, 0.25) is 5.75 Å². The first-order valence-corrected chi connectivity index (χ1v) is 12.1. The number of hydrogen-bond acceptors (Lipinski definition) is 9. The topological polar surface area (TPSA) is 90.4 Å². The van der Waals surface area contributed by atoms with E-state index in [0.717, 1.165) is 27.3 Å². The lowest BCUT2D eigenvalue weighted by molar-refractivity contribution is 0.0526. The molecule has 2 aromatic carbocycles. The fourth-order valence-electron chi connectivity index (χ4n) is 3.73. The van der Waals surface area contributed by atoms with Gasteiger partial charge in [-0.15, -0.1) is 0 Å². The number of nitrogens with one attached hydrogen (secondary N) is 2. The van der Waals surface area contributed by atoms with Crippen molar-refractivity contribution in [3.63, 3.8) is 0 Å². The van der Waals surface area contributed by atoms with E-state index in [-0.39, 0.29) is 12.0 Å². The van der Waals surface area contributed by atoms with Crippen LogP contribution < -0.4 is 24.8 Å². The number of rotatable bonds is 7. The standard InChI is InChI=1S/C27H27N3O5S/c1-6-35-27(31)18-8-7-16(2)17(11-18)9-10-19-14-36-25-23(19)28-15-29-26(25)30-20-12-21(32-3)24(34-5)22(13-20)33-4/h7-8,11-15,23,30H,6H2,1-5H3,(H,28,29). The van der Waals surface area contributed by atoms with Crippen molar-refractivity contribution in [1.82, 2.24) is 5.32 Å². The van der Waals surface area contributed by atoms with E-state index in [1.165, 1.54) is 0 Å². The highest BCUT2D eigenvalue weighted by molar-refractivity contribution is 8.06. The zero-order valence-corrected chi connectivity index (χ0v) is 21.5. The van der Waals surface area contributed by atoms with E-state index in [1.807, 2.05) is 30.5 Å². The van der Waals surface area contributed by atoms with E-state index < -0.39 is 0 Å². The van der Waals surface area contributed by atoms with Gasteiger partial charge in [0, 0.05) is 29.0 Å². The van der Waals surface area contributed by atoms with Crippen molar-refractivity contribution in [2.24, 2.45) is 4.99 Å². The smallest absolute Gasteiger partial charge is 0.338 e. The van der Waals surface area contributed by atoms with Crippen LogP contribution >= 0.6 is 11.8 Å². The van der Waals surface area contributed by atoms with Crippen LogP contribution in [0.4, 0.5) is 5.69 Å². The van der Waals surface area contributed by atoms with Crippen LogP contribution in [0.15, 0.2) is 57.0 Å². The normalized spacial score (nSPS) is 15.7. The predicted octanol–water partition coefficient (Wildman–Crippen LogP) is 4.46. The van der Waals surface area contributed by atoms with Crippen LogP contribution in [0.3, 0.4) is 0 Å². The molecule has 1 unspecified atom stereocenters. The van der Waals surface area contributed by atoms with Crippen LogP contribution in [0, 0.1) is 18.8 Å². The second-order valence-corrected chi connectivity index (χ2v) is 8.71. The number of nitrogens with zero attached hydrogens (tertiary/aromatic N) is 1. The average molecular weight is 506 g/mol. The second-order valence-electron chi connectivity index (χ2n) is 7.80. The molecule has 9 heteroatoms. The number of fused-ring (bicyclic) bond motifs is 1. The summed E-state index contributed by atoms with van der Waals surface area (Å²) in [5, 5.41) is 8.65. The van der Waals surface area contributed by atoms with Gasteiger partial charge in [-0.3, -0.25) is 0 Å². The van der Waals surface area contributed by atoms with Crippen LogP contribution in [0.1, 0.15) is 28.4 Å². The highest BCUT2D eigenvalue weighted by Gasteiger charge is 2.29. The molecule has 0 radical (unpaired) electrons. The summed E-state index contributed by atoms with van der Waals surface area (Å²) in [5.74, 6) is 8.44. The number of benzene rings is 2. The molecule has 2 heterocycles. The Balaban J connectivity index is 1.58. The maximum Gasteiger partial charge on any atom is 0.338 e. The van der Waals surface area contributed by atoms with Crippen LogP contribution in [0.25, 0.3) is 0 Å². The molecule has 186 valence electrons. The molecule has 0 aromatic heterocycles. The largest absolute Gasteiger partial charge is 0.493 e. The maximum atomic E-state index is 12.1. The third kappa shape index (κ3) is 5.14. The number of anilines is 1. The number of esters is 1. The Morgan fingerprint density at radius 1 is 1.11 bits per heavy atom. The van der Waals surface area contributed by atoms with Gasteiger partial charge in [0.25, 0.3) is 0 Å². The summed E-state index contributed by atoms with van der Waals surface area (Å²) < 4.78 is 21.4.